The van der Waals surface area contributed by atoms with Gasteiger partial charge in [0.05, 0.1) is 13.7 Å². The van der Waals surface area contributed by atoms with Crippen LogP contribution in [0.25, 0.3) is 0 Å². The van der Waals surface area contributed by atoms with Gasteiger partial charge in [0.1, 0.15) is 11.5 Å². The van der Waals surface area contributed by atoms with Crippen molar-refractivity contribution in [3.05, 3.63) is 23.8 Å². The van der Waals surface area contributed by atoms with Crippen LogP contribution in [0.3, 0.4) is 0 Å². The normalized spacial score (nSPS) is 14.4. The minimum atomic E-state index is 0.0612. The van der Waals surface area contributed by atoms with E-state index in [2.05, 4.69) is 5.32 Å². The van der Waals surface area contributed by atoms with E-state index in [4.69, 9.17) is 9.47 Å². The average molecular weight is 239 g/mol. The molecule has 17 heavy (non-hydrogen) atoms. The lowest BCUT2D eigenvalue weighted by molar-refractivity contribution is 0.167. The quantitative estimate of drug-likeness (QED) is 0.798. The summed E-state index contributed by atoms with van der Waals surface area (Å²) in [5.74, 6) is 0.900. The van der Waals surface area contributed by atoms with E-state index in [9.17, 15) is 5.11 Å². The maximum Gasteiger partial charge on any atom is 0.124 e. The molecule has 0 aliphatic heterocycles. The maximum atomic E-state index is 9.88. The largest absolute Gasteiger partial charge is 0.507 e. The second-order valence-corrected chi connectivity index (χ2v) is 4.17. The van der Waals surface area contributed by atoms with Crippen LogP contribution >= 0.6 is 0 Å². The van der Waals surface area contributed by atoms with Crippen LogP contribution in [0.15, 0.2) is 18.2 Å². The van der Waals surface area contributed by atoms with Crippen LogP contribution in [0.4, 0.5) is 0 Å². The van der Waals surface area contributed by atoms with Gasteiger partial charge in [0.2, 0.25) is 0 Å². The van der Waals surface area contributed by atoms with Crippen molar-refractivity contribution in [3.8, 4) is 11.5 Å². The fourth-order valence-corrected chi connectivity index (χ4v) is 1.83. The van der Waals surface area contributed by atoms with Gasteiger partial charge in [-0.05, 0) is 19.9 Å². The fourth-order valence-electron chi connectivity index (χ4n) is 1.83. The highest BCUT2D eigenvalue weighted by atomic mass is 16.5. The van der Waals surface area contributed by atoms with Crippen molar-refractivity contribution >= 4 is 0 Å². The fraction of sp³-hybridized carbons (Fsp3) is 0.538. The van der Waals surface area contributed by atoms with Crippen LogP contribution < -0.4 is 10.1 Å². The monoisotopic (exact) mass is 239 g/mol. The Hall–Kier alpha value is -1.26. The van der Waals surface area contributed by atoms with Crippen LogP contribution in [0.5, 0.6) is 11.5 Å². The van der Waals surface area contributed by atoms with Gasteiger partial charge in [-0.1, -0.05) is 6.07 Å². The number of benzene rings is 1. The minimum absolute atomic E-state index is 0.0612. The lowest BCUT2D eigenvalue weighted by Crippen LogP contribution is -2.32. The summed E-state index contributed by atoms with van der Waals surface area (Å²) in [7, 11) is 3.25. The lowest BCUT2D eigenvalue weighted by atomic mass is 10.1. The molecular weight excluding hydrogens is 218 g/mol. The van der Waals surface area contributed by atoms with Crippen LogP contribution in [0.1, 0.15) is 25.5 Å². The Balaban J connectivity index is 2.71. The van der Waals surface area contributed by atoms with Gasteiger partial charge in [-0.15, -0.1) is 0 Å². The second-order valence-electron chi connectivity index (χ2n) is 4.17. The average Bonchev–Trinajstić information content (AvgIpc) is 2.28. The summed E-state index contributed by atoms with van der Waals surface area (Å²) < 4.78 is 10.1. The van der Waals surface area contributed by atoms with E-state index in [0.717, 1.165) is 5.56 Å². The first-order valence-corrected chi connectivity index (χ1v) is 5.70. The molecule has 0 saturated heterocycles. The van der Waals surface area contributed by atoms with Crippen molar-refractivity contribution in [3.63, 3.8) is 0 Å². The summed E-state index contributed by atoms with van der Waals surface area (Å²) in [4.78, 5) is 0. The number of phenolic OH excluding ortho intramolecular Hbond substituents is 1. The summed E-state index contributed by atoms with van der Waals surface area (Å²) in [5.41, 5.74) is 0.855. The molecule has 0 amide bonds. The zero-order valence-electron chi connectivity index (χ0n) is 10.9. The molecule has 0 fully saturated rings. The molecule has 1 aromatic carbocycles. The van der Waals surface area contributed by atoms with Crippen molar-refractivity contribution in [2.24, 2.45) is 0 Å². The molecule has 1 aromatic rings. The molecule has 2 unspecified atom stereocenters. The number of hydrogen-bond donors (Lipinski definition) is 2. The van der Waals surface area contributed by atoms with Crippen LogP contribution in [-0.4, -0.2) is 32.0 Å². The molecule has 4 nitrogen and oxygen atoms in total. The van der Waals surface area contributed by atoms with E-state index in [1.165, 1.54) is 0 Å². The number of rotatable bonds is 6. The standard InChI is InChI=1S/C13H21NO3/c1-9(8-16-3)14-10(2)12-6-5-11(17-4)7-13(12)15/h5-7,9-10,14-15H,8H2,1-4H3. The number of nitrogens with one attached hydrogen (secondary N) is 1. The molecule has 0 aliphatic carbocycles. The summed E-state index contributed by atoms with van der Waals surface area (Å²) >= 11 is 0. The van der Waals surface area contributed by atoms with Crippen LogP contribution in [-0.2, 0) is 4.74 Å². The Morgan fingerprint density at radius 1 is 1.29 bits per heavy atom. The summed E-state index contributed by atoms with van der Waals surface area (Å²) in [6.45, 7) is 4.69. The van der Waals surface area contributed by atoms with E-state index in [-0.39, 0.29) is 17.8 Å². The first-order chi connectivity index (χ1) is 8.08. The molecule has 0 aromatic heterocycles. The van der Waals surface area contributed by atoms with Crippen LogP contribution in [0.2, 0.25) is 0 Å². The summed E-state index contributed by atoms with van der Waals surface area (Å²) in [6.07, 6.45) is 0. The highest BCUT2D eigenvalue weighted by molar-refractivity contribution is 5.41. The Bertz CT molecular complexity index is 355. The molecule has 0 radical (unpaired) electrons. The number of ether oxygens (including phenoxy) is 2. The molecular formula is C13H21NO3. The van der Waals surface area contributed by atoms with Crippen molar-refractivity contribution in [1.82, 2.24) is 5.32 Å². The Morgan fingerprint density at radius 3 is 2.53 bits per heavy atom. The Morgan fingerprint density at radius 2 is 2.00 bits per heavy atom. The third-order valence-electron chi connectivity index (χ3n) is 2.66. The van der Waals surface area contributed by atoms with E-state index in [0.29, 0.717) is 12.4 Å². The Kier molecular flexibility index (Phi) is 5.25. The highest BCUT2D eigenvalue weighted by Crippen LogP contribution is 2.28. The third-order valence-corrected chi connectivity index (χ3v) is 2.66. The van der Waals surface area contributed by atoms with Crippen molar-refractivity contribution < 1.29 is 14.6 Å². The molecule has 2 atom stereocenters. The lowest BCUT2D eigenvalue weighted by Gasteiger charge is -2.20. The highest BCUT2D eigenvalue weighted by Gasteiger charge is 2.13. The van der Waals surface area contributed by atoms with Gasteiger partial charge in [0.15, 0.2) is 0 Å². The topological polar surface area (TPSA) is 50.7 Å². The zero-order valence-corrected chi connectivity index (χ0v) is 10.9. The van der Waals surface area contributed by atoms with E-state index in [1.54, 1.807) is 20.3 Å². The molecule has 0 heterocycles. The van der Waals surface area contributed by atoms with Gasteiger partial charge < -0.3 is 19.9 Å². The predicted octanol–water partition coefficient (Wildman–Crippen LogP) is 2.09. The van der Waals surface area contributed by atoms with Crippen molar-refractivity contribution in [2.75, 3.05) is 20.8 Å². The number of methoxy groups -OCH3 is 2. The van der Waals surface area contributed by atoms with Gasteiger partial charge in [-0.25, -0.2) is 0 Å². The van der Waals surface area contributed by atoms with Crippen molar-refractivity contribution in [1.29, 1.82) is 0 Å². The van der Waals surface area contributed by atoms with Crippen LogP contribution in [0, 0.1) is 0 Å². The third kappa shape index (κ3) is 3.91. The van der Waals surface area contributed by atoms with Gasteiger partial charge in [0, 0.05) is 30.8 Å². The molecule has 0 saturated carbocycles. The summed E-state index contributed by atoms with van der Waals surface area (Å²) in [6, 6.07) is 5.62. The first-order valence-electron chi connectivity index (χ1n) is 5.70. The van der Waals surface area contributed by atoms with E-state index >= 15 is 0 Å². The van der Waals surface area contributed by atoms with Gasteiger partial charge in [-0.3, -0.25) is 0 Å². The molecule has 1 rings (SSSR count). The SMILES string of the molecule is COCC(C)NC(C)c1ccc(OC)cc1O. The Labute approximate surface area is 103 Å². The molecule has 0 bridgehead atoms. The first kappa shape index (κ1) is 13.8. The van der Waals surface area contributed by atoms with Gasteiger partial charge in [0.25, 0.3) is 0 Å². The second kappa shape index (κ2) is 6.47. The number of aromatic hydroxyl groups is 1. The number of hydrogen-bond acceptors (Lipinski definition) is 4. The van der Waals surface area contributed by atoms with E-state index < -0.39 is 0 Å². The minimum Gasteiger partial charge on any atom is -0.507 e. The molecule has 4 heteroatoms. The van der Waals surface area contributed by atoms with E-state index in [1.807, 2.05) is 26.0 Å². The summed E-state index contributed by atoms with van der Waals surface area (Å²) in [5, 5.41) is 13.2. The number of phenols is 1. The zero-order chi connectivity index (χ0) is 12.8. The molecule has 96 valence electrons. The van der Waals surface area contributed by atoms with Gasteiger partial charge >= 0.3 is 0 Å². The van der Waals surface area contributed by atoms with Gasteiger partial charge in [-0.2, -0.15) is 0 Å². The predicted molar refractivity (Wildman–Crippen MR) is 67.5 cm³/mol. The molecule has 2 N–H and O–H groups in total. The molecule has 0 aliphatic rings. The maximum absolute atomic E-state index is 9.88. The van der Waals surface area contributed by atoms with Crippen molar-refractivity contribution in [2.45, 2.75) is 25.9 Å². The smallest absolute Gasteiger partial charge is 0.124 e. The molecule has 0 spiro atoms.